The third-order valence-corrected chi connectivity index (χ3v) is 5.36. The van der Waals surface area contributed by atoms with E-state index in [2.05, 4.69) is 15.6 Å². The number of esters is 1. The van der Waals surface area contributed by atoms with E-state index >= 15 is 0 Å². The maximum absolute atomic E-state index is 12.0. The van der Waals surface area contributed by atoms with Gasteiger partial charge in [-0.3, -0.25) is 10.1 Å². The number of anilines is 1. The second kappa shape index (κ2) is 8.80. The van der Waals surface area contributed by atoms with Crippen LogP contribution in [0.5, 0.6) is 0 Å². The van der Waals surface area contributed by atoms with Crippen molar-refractivity contribution in [2.45, 2.75) is 32.6 Å². The smallest absolute Gasteiger partial charge is 0.321 e. The predicted molar refractivity (Wildman–Crippen MR) is 101 cm³/mol. The summed E-state index contributed by atoms with van der Waals surface area (Å²) in [5.41, 5.74) is 2.16. The quantitative estimate of drug-likeness (QED) is 0.762. The highest BCUT2D eigenvalue weighted by molar-refractivity contribution is 7.15. The van der Waals surface area contributed by atoms with E-state index in [-0.39, 0.29) is 17.9 Å². The highest BCUT2D eigenvalue weighted by Crippen LogP contribution is 2.32. The van der Waals surface area contributed by atoms with Crippen molar-refractivity contribution in [1.82, 2.24) is 10.3 Å². The Morgan fingerprint density at radius 2 is 2.12 bits per heavy atom. The maximum Gasteiger partial charge on any atom is 0.321 e. The lowest BCUT2D eigenvalue weighted by atomic mass is 9.91. The number of fused-ring (bicyclic) bond motifs is 1. The van der Waals surface area contributed by atoms with Crippen LogP contribution < -0.4 is 10.6 Å². The van der Waals surface area contributed by atoms with Gasteiger partial charge >= 0.3 is 12.0 Å². The first-order chi connectivity index (χ1) is 12.7. The van der Waals surface area contributed by atoms with Crippen LogP contribution in [0.3, 0.4) is 0 Å². The molecule has 1 aromatic heterocycles. The summed E-state index contributed by atoms with van der Waals surface area (Å²) in [5.74, 6) is -0.241. The van der Waals surface area contributed by atoms with Crippen LogP contribution in [0.25, 0.3) is 0 Å². The van der Waals surface area contributed by atoms with Gasteiger partial charge in [-0.1, -0.05) is 30.3 Å². The number of rotatable bonds is 6. The Labute approximate surface area is 157 Å². The number of hydrogen-bond donors (Lipinski definition) is 2. The van der Waals surface area contributed by atoms with Crippen LogP contribution in [0.2, 0.25) is 0 Å². The second-order valence-electron chi connectivity index (χ2n) is 6.20. The van der Waals surface area contributed by atoms with E-state index in [9.17, 15) is 9.59 Å². The van der Waals surface area contributed by atoms with Crippen molar-refractivity contribution in [2.24, 2.45) is 5.92 Å². The molecule has 1 atom stereocenters. The first-order valence-electron chi connectivity index (χ1n) is 8.89. The molecule has 0 saturated heterocycles. The van der Waals surface area contributed by atoms with Crippen molar-refractivity contribution < 1.29 is 14.3 Å². The summed E-state index contributed by atoms with van der Waals surface area (Å²) in [7, 11) is 0. The Bertz CT molecular complexity index is 761. The Morgan fingerprint density at radius 3 is 2.88 bits per heavy atom. The number of thiazole rings is 1. The van der Waals surface area contributed by atoms with Crippen LogP contribution in [-0.2, 0) is 28.8 Å². The van der Waals surface area contributed by atoms with Crippen LogP contribution in [0.1, 0.15) is 29.5 Å². The molecule has 0 bridgehead atoms. The molecule has 7 heteroatoms. The zero-order chi connectivity index (χ0) is 18.4. The largest absolute Gasteiger partial charge is 0.466 e. The summed E-state index contributed by atoms with van der Waals surface area (Å²) in [5, 5.41) is 6.22. The van der Waals surface area contributed by atoms with Gasteiger partial charge in [-0.2, -0.15) is 0 Å². The average molecular weight is 373 g/mol. The Kier molecular flexibility index (Phi) is 6.22. The third-order valence-electron chi connectivity index (χ3n) is 4.32. The van der Waals surface area contributed by atoms with E-state index in [1.807, 2.05) is 37.3 Å². The number of hydrogen-bond acceptors (Lipinski definition) is 5. The molecule has 0 saturated carbocycles. The van der Waals surface area contributed by atoms with E-state index in [4.69, 9.17) is 4.74 Å². The van der Waals surface area contributed by atoms with Gasteiger partial charge in [-0.05, 0) is 38.2 Å². The summed E-state index contributed by atoms with van der Waals surface area (Å²) < 4.78 is 5.11. The maximum atomic E-state index is 12.0. The van der Waals surface area contributed by atoms with Gasteiger partial charge in [0.05, 0.1) is 18.2 Å². The minimum atomic E-state index is -0.256. The van der Waals surface area contributed by atoms with Crippen molar-refractivity contribution in [2.75, 3.05) is 18.5 Å². The Morgan fingerprint density at radius 1 is 1.31 bits per heavy atom. The van der Waals surface area contributed by atoms with Crippen molar-refractivity contribution in [3.63, 3.8) is 0 Å². The molecule has 1 heterocycles. The monoisotopic (exact) mass is 373 g/mol. The number of aromatic nitrogens is 1. The van der Waals surface area contributed by atoms with E-state index in [1.165, 1.54) is 16.9 Å². The van der Waals surface area contributed by atoms with Crippen molar-refractivity contribution in [3.8, 4) is 0 Å². The van der Waals surface area contributed by atoms with Gasteiger partial charge < -0.3 is 10.1 Å². The second-order valence-corrected chi connectivity index (χ2v) is 7.28. The molecule has 0 spiro atoms. The van der Waals surface area contributed by atoms with Gasteiger partial charge in [0.25, 0.3) is 0 Å². The molecule has 0 radical (unpaired) electrons. The number of carbonyl (C=O) groups is 2. The number of aryl methyl sites for hydroxylation is 1. The lowest BCUT2D eigenvalue weighted by Crippen LogP contribution is -2.30. The minimum Gasteiger partial charge on any atom is -0.466 e. The number of urea groups is 1. The van der Waals surface area contributed by atoms with Crippen LogP contribution >= 0.6 is 11.3 Å². The zero-order valence-corrected chi connectivity index (χ0v) is 15.6. The number of carbonyl (C=O) groups excluding carboxylic acids is 2. The first kappa shape index (κ1) is 18.4. The molecule has 138 valence electrons. The molecule has 1 aliphatic carbocycles. The van der Waals surface area contributed by atoms with Gasteiger partial charge in [0.1, 0.15) is 0 Å². The number of ether oxygens (including phenoxy) is 1. The third kappa shape index (κ3) is 4.82. The Balaban J connectivity index is 1.49. The molecular formula is C19H23N3O3S. The number of amides is 2. The van der Waals surface area contributed by atoms with Crippen LogP contribution in [0.15, 0.2) is 30.3 Å². The normalized spacial score (nSPS) is 15.8. The van der Waals surface area contributed by atoms with E-state index in [0.717, 1.165) is 29.8 Å². The molecule has 1 unspecified atom stereocenters. The zero-order valence-electron chi connectivity index (χ0n) is 14.8. The standard InChI is InChI=1S/C19H23N3O3S/c1-2-25-17(23)14-8-9-15-16(12-14)26-19(21-15)22-18(24)20-11-10-13-6-4-3-5-7-13/h3-7,14H,2,8-12H2,1H3,(H2,20,21,22,24). The molecule has 1 aromatic carbocycles. The minimum absolute atomic E-state index is 0.101. The number of nitrogens with zero attached hydrogens (tertiary/aromatic N) is 1. The number of benzene rings is 1. The highest BCUT2D eigenvalue weighted by atomic mass is 32.1. The van der Waals surface area contributed by atoms with Crippen molar-refractivity contribution in [1.29, 1.82) is 0 Å². The van der Waals surface area contributed by atoms with Crippen molar-refractivity contribution >= 4 is 28.5 Å². The summed E-state index contributed by atoms with van der Waals surface area (Å²) in [6.07, 6.45) is 2.91. The summed E-state index contributed by atoms with van der Waals surface area (Å²) in [4.78, 5) is 29.5. The van der Waals surface area contributed by atoms with E-state index < -0.39 is 0 Å². The van der Waals surface area contributed by atoms with Crippen LogP contribution in [-0.4, -0.2) is 30.1 Å². The highest BCUT2D eigenvalue weighted by Gasteiger charge is 2.28. The van der Waals surface area contributed by atoms with E-state index in [1.54, 1.807) is 0 Å². The first-order valence-corrected chi connectivity index (χ1v) is 9.71. The Hall–Kier alpha value is -2.41. The van der Waals surface area contributed by atoms with Gasteiger partial charge in [-0.15, -0.1) is 11.3 Å². The summed E-state index contributed by atoms with van der Waals surface area (Å²) in [6, 6.07) is 9.76. The fourth-order valence-electron chi connectivity index (χ4n) is 3.00. The van der Waals surface area contributed by atoms with Crippen molar-refractivity contribution in [3.05, 3.63) is 46.5 Å². The SMILES string of the molecule is CCOC(=O)C1CCc2nc(NC(=O)NCCc3ccccc3)sc2C1. The summed E-state index contributed by atoms with van der Waals surface area (Å²) >= 11 is 1.44. The topological polar surface area (TPSA) is 80.3 Å². The van der Waals surface area contributed by atoms with Gasteiger partial charge in [0.15, 0.2) is 5.13 Å². The molecule has 0 aliphatic heterocycles. The molecule has 0 fully saturated rings. The average Bonchev–Trinajstić information content (AvgIpc) is 3.04. The fourth-order valence-corrected chi connectivity index (χ4v) is 4.08. The number of nitrogens with one attached hydrogen (secondary N) is 2. The van der Waals surface area contributed by atoms with Crippen LogP contribution in [0, 0.1) is 5.92 Å². The molecule has 2 amide bonds. The molecule has 26 heavy (non-hydrogen) atoms. The lowest BCUT2D eigenvalue weighted by Gasteiger charge is -2.18. The van der Waals surface area contributed by atoms with E-state index in [0.29, 0.717) is 24.7 Å². The molecule has 2 aromatic rings. The molecule has 1 aliphatic rings. The lowest BCUT2D eigenvalue weighted by molar-refractivity contribution is -0.148. The summed E-state index contributed by atoms with van der Waals surface area (Å²) in [6.45, 7) is 2.78. The van der Waals surface area contributed by atoms with Crippen LogP contribution in [0.4, 0.5) is 9.93 Å². The molecule has 6 nitrogen and oxygen atoms in total. The van der Waals surface area contributed by atoms with Gasteiger partial charge in [0.2, 0.25) is 0 Å². The van der Waals surface area contributed by atoms with Gasteiger partial charge in [0, 0.05) is 11.4 Å². The fraction of sp³-hybridized carbons (Fsp3) is 0.421. The molecular weight excluding hydrogens is 350 g/mol. The molecule has 2 N–H and O–H groups in total. The van der Waals surface area contributed by atoms with Gasteiger partial charge in [-0.25, -0.2) is 9.78 Å². The molecule has 3 rings (SSSR count). The predicted octanol–water partition coefficient (Wildman–Crippen LogP) is 3.18.